The number of rotatable bonds is 6. The normalized spacial score (nSPS) is 11.4. The van der Waals surface area contributed by atoms with Gasteiger partial charge in [-0.3, -0.25) is 4.79 Å². The van der Waals surface area contributed by atoms with Gasteiger partial charge in [0, 0.05) is 11.8 Å². The van der Waals surface area contributed by atoms with Crippen LogP contribution in [0.25, 0.3) is 0 Å². The summed E-state index contributed by atoms with van der Waals surface area (Å²) in [6, 6.07) is 7.76. The van der Waals surface area contributed by atoms with Crippen LogP contribution >= 0.6 is 0 Å². The fourth-order valence-corrected chi connectivity index (χ4v) is 1.47. The summed E-state index contributed by atoms with van der Waals surface area (Å²) in [6.45, 7) is 5.65. The summed E-state index contributed by atoms with van der Waals surface area (Å²) in [7, 11) is 1.52. The number of ether oxygens (including phenoxy) is 1. The van der Waals surface area contributed by atoms with Crippen molar-refractivity contribution in [2.75, 3.05) is 12.4 Å². The molecule has 0 unspecified atom stereocenters. The summed E-state index contributed by atoms with van der Waals surface area (Å²) in [4.78, 5) is 11.8. The Hall–Kier alpha value is -2.29. The van der Waals surface area contributed by atoms with Crippen LogP contribution in [0.15, 0.2) is 60.9 Å². The van der Waals surface area contributed by atoms with E-state index < -0.39 is 0 Å². The minimum absolute atomic E-state index is 0.227. The Morgan fingerprint density at radius 1 is 1.37 bits per heavy atom. The van der Waals surface area contributed by atoms with Crippen molar-refractivity contribution in [3.8, 4) is 0 Å². The molecule has 0 aliphatic heterocycles. The summed E-state index contributed by atoms with van der Waals surface area (Å²) in [5.74, 6) is 0.248. The molecule has 100 valence electrons. The summed E-state index contributed by atoms with van der Waals surface area (Å²) < 4.78 is 5.06. The molecule has 0 heterocycles. The van der Waals surface area contributed by atoms with Gasteiger partial charge in [-0.2, -0.15) is 0 Å². The van der Waals surface area contributed by atoms with Gasteiger partial charge in [-0.1, -0.05) is 37.8 Å². The maximum absolute atomic E-state index is 11.8. The largest absolute Gasteiger partial charge is 0.497 e. The molecule has 19 heavy (non-hydrogen) atoms. The van der Waals surface area contributed by atoms with Gasteiger partial charge < -0.3 is 10.1 Å². The number of benzene rings is 1. The number of methoxy groups -OCH3 is 1. The minimum Gasteiger partial charge on any atom is -0.497 e. The van der Waals surface area contributed by atoms with E-state index in [2.05, 4.69) is 18.8 Å². The van der Waals surface area contributed by atoms with Crippen LogP contribution < -0.4 is 5.32 Å². The van der Waals surface area contributed by atoms with Crippen LogP contribution in [0.3, 0.4) is 0 Å². The molecule has 1 N–H and O–H groups in total. The van der Waals surface area contributed by atoms with Crippen molar-refractivity contribution >= 4 is 11.6 Å². The maximum Gasteiger partial charge on any atom is 0.252 e. The lowest BCUT2D eigenvalue weighted by Gasteiger charge is -2.04. The second kappa shape index (κ2) is 7.93. The van der Waals surface area contributed by atoms with Crippen molar-refractivity contribution < 1.29 is 9.53 Å². The van der Waals surface area contributed by atoms with Crippen LogP contribution in [-0.2, 0) is 16.0 Å². The predicted octanol–water partition coefficient (Wildman–Crippen LogP) is 3.46. The van der Waals surface area contributed by atoms with E-state index in [0.29, 0.717) is 5.76 Å². The number of hydrogen-bond acceptors (Lipinski definition) is 2. The van der Waals surface area contributed by atoms with Gasteiger partial charge in [0.05, 0.1) is 7.11 Å². The Morgan fingerprint density at radius 3 is 2.58 bits per heavy atom. The molecular formula is C16H19NO2. The lowest BCUT2D eigenvalue weighted by molar-refractivity contribution is -0.112. The van der Waals surface area contributed by atoms with Gasteiger partial charge >= 0.3 is 0 Å². The number of amides is 1. The van der Waals surface area contributed by atoms with Crippen LogP contribution in [0.5, 0.6) is 0 Å². The Bertz CT molecular complexity index is 484. The lowest BCUT2D eigenvalue weighted by atomic mass is 10.1. The zero-order valence-corrected chi connectivity index (χ0v) is 11.3. The van der Waals surface area contributed by atoms with E-state index >= 15 is 0 Å². The molecule has 0 saturated heterocycles. The molecular weight excluding hydrogens is 238 g/mol. The highest BCUT2D eigenvalue weighted by atomic mass is 16.5. The molecule has 0 aromatic heterocycles. The molecule has 0 aliphatic carbocycles. The molecule has 1 aromatic carbocycles. The van der Waals surface area contributed by atoms with E-state index in [0.717, 1.165) is 12.1 Å². The van der Waals surface area contributed by atoms with Gasteiger partial charge in [-0.05, 0) is 30.2 Å². The van der Waals surface area contributed by atoms with E-state index in [1.54, 1.807) is 18.2 Å². The number of carbonyl (C=O) groups excluding carboxylic acids is 1. The minimum atomic E-state index is -0.227. The third-order valence-corrected chi connectivity index (χ3v) is 2.54. The Labute approximate surface area is 114 Å². The summed E-state index contributed by atoms with van der Waals surface area (Å²) in [5.41, 5.74) is 2.00. The monoisotopic (exact) mass is 257 g/mol. The average molecular weight is 257 g/mol. The van der Waals surface area contributed by atoms with Crippen molar-refractivity contribution in [2.24, 2.45) is 0 Å². The Balaban J connectivity index is 2.69. The molecule has 0 radical (unpaired) electrons. The van der Waals surface area contributed by atoms with Crippen molar-refractivity contribution in [3.05, 3.63) is 66.5 Å². The topological polar surface area (TPSA) is 38.3 Å². The van der Waals surface area contributed by atoms with Gasteiger partial charge in [0.25, 0.3) is 5.91 Å². The van der Waals surface area contributed by atoms with Crippen LogP contribution in [0.1, 0.15) is 12.5 Å². The van der Waals surface area contributed by atoms with E-state index in [1.165, 1.54) is 18.7 Å². The zero-order chi connectivity index (χ0) is 14.1. The lowest BCUT2D eigenvalue weighted by Crippen LogP contribution is -2.09. The zero-order valence-electron chi connectivity index (χ0n) is 11.3. The molecule has 1 amide bonds. The molecule has 0 fully saturated rings. The third kappa shape index (κ3) is 5.25. The number of aryl methyl sites for hydroxylation is 1. The van der Waals surface area contributed by atoms with Crippen molar-refractivity contribution in [2.45, 2.75) is 13.3 Å². The molecule has 1 rings (SSSR count). The Morgan fingerprint density at radius 2 is 2.05 bits per heavy atom. The molecule has 0 aliphatic rings. The number of anilines is 1. The quantitative estimate of drug-likeness (QED) is 0.481. The Kier molecular flexibility index (Phi) is 6.16. The van der Waals surface area contributed by atoms with Gasteiger partial charge in [0.1, 0.15) is 5.76 Å². The second-order valence-electron chi connectivity index (χ2n) is 3.89. The first kappa shape index (κ1) is 14.8. The van der Waals surface area contributed by atoms with E-state index in [9.17, 15) is 4.79 Å². The number of allylic oxidation sites excluding steroid dienone is 3. The first-order valence-corrected chi connectivity index (χ1v) is 6.14. The molecule has 0 spiro atoms. The summed E-state index contributed by atoms with van der Waals surface area (Å²) >= 11 is 0. The van der Waals surface area contributed by atoms with Crippen LogP contribution in [0.4, 0.5) is 5.69 Å². The van der Waals surface area contributed by atoms with Crippen LogP contribution in [0.2, 0.25) is 0 Å². The van der Waals surface area contributed by atoms with Crippen LogP contribution in [-0.4, -0.2) is 13.0 Å². The van der Waals surface area contributed by atoms with E-state index in [1.807, 2.05) is 24.3 Å². The highest BCUT2D eigenvalue weighted by Gasteiger charge is 2.00. The van der Waals surface area contributed by atoms with Gasteiger partial charge in [0.2, 0.25) is 0 Å². The SMILES string of the molecule is C=C/C=C\C(=C\C(=O)Nc1ccc(CC)cc1)OC. The van der Waals surface area contributed by atoms with Crippen molar-refractivity contribution in [1.82, 2.24) is 0 Å². The molecule has 0 atom stereocenters. The molecule has 0 bridgehead atoms. The fraction of sp³-hybridized carbons (Fsp3) is 0.188. The predicted molar refractivity (Wildman–Crippen MR) is 78.9 cm³/mol. The number of carbonyl (C=O) groups is 1. The maximum atomic E-state index is 11.8. The highest BCUT2D eigenvalue weighted by molar-refractivity contribution is 5.99. The molecule has 3 nitrogen and oxygen atoms in total. The summed E-state index contributed by atoms with van der Waals surface area (Å²) in [5, 5.41) is 2.78. The average Bonchev–Trinajstić information content (AvgIpc) is 2.44. The first-order valence-electron chi connectivity index (χ1n) is 6.14. The number of hydrogen-bond donors (Lipinski definition) is 1. The molecule has 0 saturated carbocycles. The van der Waals surface area contributed by atoms with Crippen LogP contribution in [0, 0.1) is 0 Å². The highest BCUT2D eigenvalue weighted by Crippen LogP contribution is 2.10. The molecule has 1 aromatic rings. The first-order chi connectivity index (χ1) is 9.19. The smallest absolute Gasteiger partial charge is 0.252 e. The van der Waals surface area contributed by atoms with Crippen molar-refractivity contribution in [3.63, 3.8) is 0 Å². The third-order valence-electron chi connectivity index (χ3n) is 2.54. The number of nitrogens with one attached hydrogen (secondary N) is 1. The van der Waals surface area contributed by atoms with Gasteiger partial charge in [-0.15, -0.1) is 0 Å². The van der Waals surface area contributed by atoms with E-state index in [-0.39, 0.29) is 5.91 Å². The standard InChI is InChI=1S/C16H19NO2/c1-4-6-7-15(19-3)12-16(18)17-14-10-8-13(5-2)9-11-14/h4,6-12H,1,5H2,2-3H3,(H,17,18)/b7-6-,15-12-. The van der Waals surface area contributed by atoms with Gasteiger partial charge in [-0.25, -0.2) is 0 Å². The second-order valence-corrected chi connectivity index (χ2v) is 3.89. The fourth-order valence-electron chi connectivity index (χ4n) is 1.47. The van der Waals surface area contributed by atoms with Gasteiger partial charge in [0.15, 0.2) is 0 Å². The molecule has 3 heteroatoms. The van der Waals surface area contributed by atoms with Crippen molar-refractivity contribution in [1.29, 1.82) is 0 Å². The van der Waals surface area contributed by atoms with E-state index in [4.69, 9.17) is 4.74 Å². The summed E-state index contributed by atoms with van der Waals surface area (Å²) in [6.07, 6.45) is 7.38.